The summed E-state index contributed by atoms with van der Waals surface area (Å²) in [7, 11) is 0. The molecule has 26 heavy (non-hydrogen) atoms. The van der Waals surface area contributed by atoms with E-state index >= 15 is 0 Å². The Balaban J connectivity index is 1.44. The van der Waals surface area contributed by atoms with E-state index in [1.807, 2.05) is 12.3 Å². The number of nitrogens with one attached hydrogen (secondary N) is 1. The molecule has 1 N–H and O–H groups in total. The average molecular weight is 337 g/mol. The van der Waals surface area contributed by atoms with Crippen LogP contribution in [-0.2, 0) is 12.8 Å². The molecule has 0 unspecified atom stereocenters. The number of fused-ring (bicyclic) bond motifs is 1. The normalized spacial score (nSPS) is 12.9. The number of hydrogen-bond acceptors (Lipinski definition) is 1. The minimum Gasteiger partial charge on any atom is -0.362 e. The van der Waals surface area contributed by atoms with Gasteiger partial charge in [-0.1, -0.05) is 78.9 Å². The van der Waals surface area contributed by atoms with Crippen molar-refractivity contribution in [3.05, 3.63) is 108 Å². The van der Waals surface area contributed by atoms with E-state index in [0.29, 0.717) is 0 Å². The topological polar surface area (TPSA) is 12.0 Å². The van der Waals surface area contributed by atoms with Gasteiger partial charge in [0.15, 0.2) is 0 Å². The van der Waals surface area contributed by atoms with Gasteiger partial charge in [-0.3, -0.25) is 0 Å². The Hall–Kier alpha value is -3.06. The summed E-state index contributed by atoms with van der Waals surface area (Å²) in [6, 6.07) is 25.8. The van der Waals surface area contributed by atoms with Crippen LogP contribution < -0.4 is 5.32 Å². The SMILES string of the molecule is C1=Cc2c(cccc2-c2ccc(NC=CCc3ccccc3)cc2)CC1. The second kappa shape index (κ2) is 7.88. The minimum absolute atomic E-state index is 0.939. The van der Waals surface area contributed by atoms with Crippen molar-refractivity contribution in [2.75, 3.05) is 5.32 Å². The molecule has 0 spiro atoms. The number of hydrogen-bond donors (Lipinski definition) is 1. The Morgan fingerprint density at radius 3 is 2.54 bits per heavy atom. The third-order valence-electron chi connectivity index (χ3n) is 4.82. The average Bonchev–Trinajstić information content (AvgIpc) is 2.72. The molecule has 1 heteroatoms. The van der Waals surface area contributed by atoms with E-state index in [1.54, 1.807) is 0 Å². The van der Waals surface area contributed by atoms with Crippen LogP contribution in [0, 0.1) is 0 Å². The first-order chi connectivity index (χ1) is 12.9. The number of benzene rings is 3. The van der Waals surface area contributed by atoms with Crippen molar-refractivity contribution in [3.8, 4) is 11.1 Å². The number of rotatable bonds is 5. The summed E-state index contributed by atoms with van der Waals surface area (Å²) >= 11 is 0. The second-order valence-electron chi connectivity index (χ2n) is 6.63. The van der Waals surface area contributed by atoms with Gasteiger partial charge in [0.05, 0.1) is 0 Å². The van der Waals surface area contributed by atoms with Crippen LogP contribution in [0.2, 0.25) is 0 Å². The molecule has 0 aromatic heterocycles. The lowest BCUT2D eigenvalue weighted by Crippen LogP contribution is -1.96. The summed E-state index contributed by atoms with van der Waals surface area (Å²) in [5.41, 5.74) is 7.86. The van der Waals surface area contributed by atoms with Gasteiger partial charge < -0.3 is 5.32 Å². The van der Waals surface area contributed by atoms with Crippen LogP contribution in [0.5, 0.6) is 0 Å². The molecule has 0 heterocycles. The third kappa shape index (κ3) is 3.78. The highest BCUT2D eigenvalue weighted by molar-refractivity contribution is 5.78. The standard InChI is InChI=1S/C25H23N/c1-2-8-20(9-3-1)10-7-19-26-23-17-15-22(16-18-23)25-14-6-12-21-11-4-5-13-24(21)25/h1-3,5-9,12-19,26H,4,10-11H2. The van der Waals surface area contributed by atoms with Crippen LogP contribution in [0.3, 0.4) is 0 Å². The van der Waals surface area contributed by atoms with Crippen molar-refractivity contribution >= 4 is 11.8 Å². The van der Waals surface area contributed by atoms with Crippen molar-refractivity contribution in [1.82, 2.24) is 0 Å². The predicted octanol–water partition coefficient (Wildman–Crippen LogP) is 6.48. The molecule has 0 saturated heterocycles. The quantitative estimate of drug-likeness (QED) is 0.562. The van der Waals surface area contributed by atoms with E-state index in [0.717, 1.165) is 24.9 Å². The Morgan fingerprint density at radius 1 is 0.846 bits per heavy atom. The molecule has 0 fully saturated rings. The Morgan fingerprint density at radius 2 is 1.69 bits per heavy atom. The molecule has 0 aliphatic heterocycles. The van der Waals surface area contributed by atoms with Crippen LogP contribution in [-0.4, -0.2) is 0 Å². The first-order valence-corrected chi connectivity index (χ1v) is 9.24. The summed E-state index contributed by atoms with van der Waals surface area (Å²) in [5, 5.41) is 3.36. The highest BCUT2D eigenvalue weighted by atomic mass is 14.8. The summed E-state index contributed by atoms with van der Waals surface area (Å²) in [6.45, 7) is 0. The lowest BCUT2D eigenvalue weighted by molar-refractivity contribution is 0.986. The van der Waals surface area contributed by atoms with Gasteiger partial charge in [-0.05, 0) is 65.4 Å². The first kappa shape index (κ1) is 16.4. The number of aryl methyl sites for hydroxylation is 1. The van der Waals surface area contributed by atoms with Crippen LogP contribution >= 0.6 is 0 Å². The molecule has 4 rings (SSSR count). The maximum Gasteiger partial charge on any atom is 0.0380 e. The largest absolute Gasteiger partial charge is 0.362 e. The highest BCUT2D eigenvalue weighted by Crippen LogP contribution is 2.31. The van der Waals surface area contributed by atoms with Gasteiger partial charge in [-0.25, -0.2) is 0 Å². The molecule has 128 valence electrons. The number of allylic oxidation sites excluding steroid dienone is 2. The lowest BCUT2D eigenvalue weighted by atomic mass is 9.90. The highest BCUT2D eigenvalue weighted by Gasteiger charge is 2.10. The molecule has 0 bridgehead atoms. The van der Waals surface area contributed by atoms with Gasteiger partial charge in [0.25, 0.3) is 0 Å². The zero-order valence-electron chi connectivity index (χ0n) is 14.9. The van der Waals surface area contributed by atoms with Crippen LogP contribution in [0.1, 0.15) is 23.1 Å². The summed E-state index contributed by atoms with van der Waals surface area (Å²) < 4.78 is 0. The maximum atomic E-state index is 3.36. The van der Waals surface area contributed by atoms with Gasteiger partial charge >= 0.3 is 0 Å². The zero-order valence-corrected chi connectivity index (χ0v) is 14.9. The second-order valence-corrected chi connectivity index (χ2v) is 6.63. The molecule has 0 amide bonds. The molecule has 0 radical (unpaired) electrons. The Kier molecular flexibility index (Phi) is 4.97. The molecule has 0 saturated carbocycles. The Labute approximate surface area is 155 Å². The molecular weight excluding hydrogens is 314 g/mol. The van der Waals surface area contributed by atoms with Gasteiger partial charge in [-0.15, -0.1) is 0 Å². The molecule has 1 aliphatic carbocycles. The molecule has 1 nitrogen and oxygen atoms in total. The summed E-state index contributed by atoms with van der Waals surface area (Å²) in [5.74, 6) is 0. The van der Waals surface area contributed by atoms with E-state index in [2.05, 4.69) is 90.3 Å². The van der Waals surface area contributed by atoms with Crippen molar-refractivity contribution in [2.24, 2.45) is 0 Å². The van der Waals surface area contributed by atoms with Crippen molar-refractivity contribution in [1.29, 1.82) is 0 Å². The fraction of sp³-hybridized carbons (Fsp3) is 0.120. The van der Waals surface area contributed by atoms with Gasteiger partial charge in [0.2, 0.25) is 0 Å². The summed E-state index contributed by atoms with van der Waals surface area (Å²) in [4.78, 5) is 0. The van der Waals surface area contributed by atoms with Crippen LogP contribution in [0.4, 0.5) is 5.69 Å². The third-order valence-corrected chi connectivity index (χ3v) is 4.82. The molecule has 0 atom stereocenters. The van der Waals surface area contributed by atoms with Crippen LogP contribution in [0.15, 0.2) is 91.1 Å². The van der Waals surface area contributed by atoms with Crippen molar-refractivity contribution in [3.63, 3.8) is 0 Å². The van der Waals surface area contributed by atoms with E-state index in [1.165, 1.54) is 27.8 Å². The van der Waals surface area contributed by atoms with E-state index in [9.17, 15) is 0 Å². The molecule has 1 aliphatic rings. The first-order valence-electron chi connectivity index (χ1n) is 9.24. The fourth-order valence-corrected chi connectivity index (χ4v) is 3.43. The van der Waals surface area contributed by atoms with Crippen molar-refractivity contribution < 1.29 is 0 Å². The lowest BCUT2D eigenvalue weighted by Gasteiger charge is -2.15. The van der Waals surface area contributed by atoms with Crippen LogP contribution in [0.25, 0.3) is 17.2 Å². The smallest absolute Gasteiger partial charge is 0.0380 e. The molecule has 3 aromatic carbocycles. The van der Waals surface area contributed by atoms with Gasteiger partial charge in [0.1, 0.15) is 0 Å². The maximum absolute atomic E-state index is 3.36. The van der Waals surface area contributed by atoms with E-state index in [-0.39, 0.29) is 0 Å². The molecular formula is C25H23N. The van der Waals surface area contributed by atoms with E-state index in [4.69, 9.17) is 0 Å². The van der Waals surface area contributed by atoms with Gasteiger partial charge in [0, 0.05) is 5.69 Å². The fourth-order valence-electron chi connectivity index (χ4n) is 3.43. The minimum atomic E-state index is 0.939. The Bertz CT molecular complexity index is 918. The monoisotopic (exact) mass is 337 g/mol. The predicted molar refractivity (Wildman–Crippen MR) is 112 cm³/mol. The van der Waals surface area contributed by atoms with Gasteiger partial charge in [-0.2, -0.15) is 0 Å². The molecule has 3 aromatic rings. The number of anilines is 1. The zero-order chi connectivity index (χ0) is 17.6. The van der Waals surface area contributed by atoms with Crippen molar-refractivity contribution in [2.45, 2.75) is 19.3 Å². The van der Waals surface area contributed by atoms with E-state index < -0.39 is 0 Å². The summed E-state index contributed by atoms with van der Waals surface area (Å²) in [6.07, 6.45) is 12.0.